The van der Waals surface area contributed by atoms with Gasteiger partial charge < -0.3 is 15.8 Å². The summed E-state index contributed by atoms with van der Waals surface area (Å²) in [5.74, 6) is 0.287. The largest absolute Gasteiger partial charge is 0.491 e. The number of carbonyl (C=O) groups is 2. The monoisotopic (exact) mass is 374 g/mol. The van der Waals surface area contributed by atoms with Crippen molar-refractivity contribution in [3.8, 4) is 5.75 Å². The van der Waals surface area contributed by atoms with Gasteiger partial charge in [-0.1, -0.05) is 12.1 Å². The van der Waals surface area contributed by atoms with Crippen molar-refractivity contribution in [2.75, 3.05) is 0 Å². The Balaban J connectivity index is 1.88. The SMILES string of the molecule is CC(C)Oc1ccc(C[CH]C(=O)NC2CC(C)(C)N[C@](C)(C(N)=O)C2)cc1. The van der Waals surface area contributed by atoms with Crippen molar-refractivity contribution in [2.24, 2.45) is 5.73 Å². The van der Waals surface area contributed by atoms with Gasteiger partial charge in [0.25, 0.3) is 0 Å². The number of piperidine rings is 1. The highest BCUT2D eigenvalue weighted by molar-refractivity contribution is 5.86. The number of ether oxygens (including phenoxy) is 1. The maximum absolute atomic E-state index is 12.4. The average molecular weight is 375 g/mol. The van der Waals surface area contributed by atoms with Crippen LogP contribution in [-0.2, 0) is 16.0 Å². The Morgan fingerprint density at radius 2 is 1.89 bits per heavy atom. The molecule has 1 aliphatic rings. The molecule has 0 spiro atoms. The lowest BCUT2D eigenvalue weighted by Crippen LogP contribution is -2.67. The van der Waals surface area contributed by atoms with Gasteiger partial charge in [0.1, 0.15) is 5.75 Å². The van der Waals surface area contributed by atoms with Gasteiger partial charge in [0.15, 0.2) is 0 Å². The van der Waals surface area contributed by atoms with Crippen LogP contribution in [0.4, 0.5) is 0 Å². The van der Waals surface area contributed by atoms with Gasteiger partial charge in [-0.15, -0.1) is 0 Å². The third-order valence-electron chi connectivity index (χ3n) is 4.73. The fourth-order valence-corrected chi connectivity index (χ4v) is 3.74. The molecule has 6 nitrogen and oxygen atoms in total. The van der Waals surface area contributed by atoms with Gasteiger partial charge in [0, 0.05) is 11.6 Å². The minimum Gasteiger partial charge on any atom is -0.491 e. The van der Waals surface area contributed by atoms with Crippen molar-refractivity contribution in [1.82, 2.24) is 10.6 Å². The van der Waals surface area contributed by atoms with Crippen LogP contribution in [0, 0.1) is 6.42 Å². The zero-order chi connectivity index (χ0) is 20.2. The van der Waals surface area contributed by atoms with E-state index in [9.17, 15) is 9.59 Å². The van der Waals surface area contributed by atoms with E-state index in [2.05, 4.69) is 10.6 Å². The second kappa shape index (κ2) is 8.30. The lowest BCUT2D eigenvalue weighted by Gasteiger charge is -2.46. The Labute approximate surface area is 162 Å². The van der Waals surface area contributed by atoms with Gasteiger partial charge in [-0.3, -0.25) is 14.9 Å². The van der Waals surface area contributed by atoms with E-state index < -0.39 is 11.4 Å². The summed E-state index contributed by atoms with van der Waals surface area (Å²) >= 11 is 0. The molecular formula is C21H32N3O3. The average Bonchev–Trinajstić information content (AvgIpc) is 2.51. The molecule has 2 rings (SSSR count). The highest BCUT2D eigenvalue weighted by atomic mass is 16.5. The highest BCUT2D eigenvalue weighted by Gasteiger charge is 2.44. The van der Waals surface area contributed by atoms with Crippen molar-refractivity contribution in [1.29, 1.82) is 0 Å². The molecule has 27 heavy (non-hydrogen) atoms. The maximum Gasteiger partial charge on any atom is 0.237 e. The first-order valence-corrected chi connectivity index (χ1v) is 9.48. The van der Waals surface area contributed by atoms with E-state index in [0.29, 0.717) is 12.8 Å². The van der Waals surface area contributed by atoms with E-state index in [-0.39, 0.29) is 23.6 Å². The second-order valence-electron chi connectivity index (χ2n) is 8.54. The lowest BCUT2D eigenvalue weighted by molar-refractivity contribution is -0.127. The molecule has 1 aromatic carbocycles. The Morgan fingerprint density at radius 3 is 2.44 bits per heavy atom. The number of amides is 2. The van der Waals surface area contributed by atoms with Crippen LogP contribution in [-0.4, -0.2) is 35.0 Å². The summed E-state index contributed by atoms with van der Waals surface area (Å²) in [6, 6.07) is 7.63. The number of nitrogens with two attached hydrogens (primary N) is 1. The van der Waals surface area contributed by atoms with E-state index >= 15 is 0 Å². The normalized spacial score (nSPS) is 24.4. The summed E-state index contributed by atoms with van der Waals surface area (Å²) in [6.45, 7) is 9.78. The van der Waals surface area contributed by atoms with Gasteiger partial charge in [-0.25, -0.2) is 0 Å². The number of benzene rings is 1. The van der Waals surface area contributed by atoms with Crippen LogP contribution in [0.25, 0.3) is 0 Å². The molecule has 1 heterocycles. The van der Waals surface area contributed by atoms with Crippen LogP contribution in [0.15, 0.2) is 24.3 Å². The number of carbonyl (C=O) groups excluding carboxylic acids is 2. The predicted octanol–water partition coefficient (Wildman–Crippen LogP) is 2.11. The minimum atomic E-state index is -0.827. The Hall–Kier alpha value is -2.08. The van der Waals surface area contributed by atoms with Crippen LogP contribution >= 0.6 is 0 Å². The first-order chi connectivity index (χ1) is 12.5. The molecule has 0 aliphatic carbocycles. The standard InChI is InChI=1S/C21H32N3O3/c1-14(2)27-17-9-6-15(7-10-17)8-11-18(25)23-16-12-20(3,4)24-21(5,13-16)19(22)26/h6-7,9-11,14,16,24H,8,12-13H2,1-5H3,(H2,22,26)(H,23,25)/t16?,21-/m0/s1. The number of hydrogen-bond acceptors (Lipinski definition) is 4. The Morgan fingerprint density at radius 1 is 1.26 bits per heavy atom. The molecule has 0 aromatic heterocycles. The number of rotatable bonds is 7. The number of primary amides is 1. The highest BCUT2D eigenvalue weighted by Crippen LogP contribution is 2.29. The topological polar surface area (TPSA) is 93.4 Å². The molecule has 2 amide bonds. The van der Waals surface area contributed by atoms with Crippen molar-refractivity contribution in [3.05, 3.63) is 36.2 Å². The smallest absolute Gasteiger partial charge is 0.237 e. The molecule has 1 aromatic rings. The molecular weight excluding hydrogens is 342 g/mol. The van der Waals surface area contributed by atoms with E-state index in [1.54, 1.807) is 13.3 Å². The van der Waals surface area contributed by atoms with Crippen molar-refractivity contribution < 1.29 is 14.3 Å². The van der Waals surface area contributed by atoms with Crippen molar-refractivity contribution in [3.63, 3.8) is 0 Å². The van der Waals surface area contributed by atoms with E-state index in [0.717, 1.165) is 17.7 Å². The van der Waals surface area contributed by atoms with Gasteiger partial charge in [-0.2, -0.15) is 0 Å². The quantitative estimate of drug-likeness (QED) is 0.681. The van der Waals surface area contributed by atoms with Crippen LogP contribution in [0.2, 0.25) is 0 Å². The lowest BCUT2D eigenvalue weighted by atomic mass is 9.78. The number of hydrogen-bond donors (Lipinski definition) is 3. The van der Waals surface area contributed by atoms with E-state index in [1.807, 2.05) is 52.0 Å². The van der Waals surface area contributed by atoms with Crippen LogP contribution in [0.5, 0.6) is 5.75 Å². The first-order valence-electron chi connectivity index (χ1n) is 9.48. The molecule has 2 atom stereocenters. The third kappa shape index (κ3) is 6.24. The van der Waals surface area contributed by atoms with Gasteiger partial charge >= 0.3 is 0 Å². The minimum absolute atomic E-state index is 0.107. The Kier molecular flexibility index (Phi) is 6.52. The summed E-state index contributed by atoms with van der Waals surface area (Å²) < 4.78 is 5.62. The van der Waals surface area contributed by atoms with Gasteiger partial charge in [0.2, 0.25) is 11.8 Å². The molecule has 1 radical (unpaired) electrons. The fourth-order valence-electron chi connectivity index (χ4n) is 3.74. The zero-order valence-corrected chi connectivity index (χ0v) is 17.0. The summed E-state index contributed by atoms with van der Waals surface area (Å²) in [6.07, 6.45) is 3.52. The van der Waals surface area contributed by atoms with Gasteiger partial charge in [0.05, 0.1) is 18.1 Å². The molecule has 1 aliphatic heterocycles. The molecule has 1 fully saturated rings. The van der Waals surface area contributed by atoms with Crippen LogP contribution in [0.1, 0.15) is 53.0 Å². The molecule has 1 unspecified atom stereocenters. The van der Waals surface area contributed by atoms with E-state index in [1.165, 1.54) is 0 Å². The number of nitrogens with one attached hydrogen (secondary N) is 2. The predicted molar refractivity (Wildman–Crippen MR) is 106 cm³/mol. The van der Waals surface area contributed by atoms with Crippen LogP contribution in [0.3, 0.4) is 0 Å². The summed E-state index contributed by atoms with van der Waals surface area (Å²) in [5.41, 5.74) is 5.48. The molecule has 0 bridgehead atoms. The molecule has 149 valence electrons. The first kappa shape index (κ1) is 21.2. The second-order valence-corrected chi connectivity index (χ2v) is 8.54. The van der Waals surface area contributed by atoms with Gasteiger partial charge in [-0.05, 0) is 71.6 Å². The van der Waals surface area contributed by atoms with Crippen LogP contribution < -0.4 is 21.1 Å². The summed E-state index contributed by atoms with van der Waals surface area (Å²) in [5, 5.41) is 6.33. The summed E-state index contributed by atoms with van der Waals surface area (Å²) in [4.78, 5) is 24.2. The van der Waals surface area contributed by atoms with E-state index in [4.69, 9.17) is 10.5 Å². The Bertz CT molecular complexity index is 670. The maximum atomic E-state index is 12.4. The zero-order valence-electron chi connectivity index (χ0n) is 17.0. The third-order valence-corrected chi connectivity index (χ3v) is 4.73. The molecule has 4 N–H and O–H groups in total. The molecule has 0 saturated carbocycles. The summed E-state index contributed by atoms with van der Waals surface area (Å²) in [7, 11) is 0. The van der Waals surface area contributed by atoms with Crippen molar-refractivity contribution in [2.45, 2.75) is 77.1 Å². The fraction of sp³-hybridized carbons (Fsp3) is 0.571. The molecule has 6 heteroatoms. The van der Waals surface area contributed by atoms with Crippen molar-refractivity contribution >= 4 is 11.8 Å². The molecule has 1 saturated heterocycles.